The van der Waals surface area contributed by atoms with Crippen molar-refractivity contribution in [3.8, 4) is 11.5 Å². The molecule has 3 aromatic rings. The number of thiazole rings is 1. The molecule has 0 amide bonds. The van der Waals surface area contributed by atoms with Gasteiger partial charge in [0, 0.05) is 9.77 Å². The second kappa shape index (κ2) is 10.6. The highest BCUT2D eigenvalue weighted by atomic mass is 127. The summed E-state index contributed by atoms with van der Waals surface area (Å²) in [5.74, 6) is 0.597. The molecule has 4 rings (SSSR count). The van der Waals surface area contributed by atoms with Crippen LogP contribution in [0.5, 0.6) is 11.5 Å². The Morgan fingerprint density at radius 2 is 1.82 bits per heavy atom. The summed E-state index contributed by atoms with van der Waals surface area (Å²) in [4.78, 5) is 31.1. The summed E-state index contributed by atoms with van der Waals surface area (Å²) >= 11 is 3.52. The molecule has 34 heavy (non-hydrogen) atoms. The summed E-state index contributed by atoms with van der Waals surface area (Å²) in [6.07, 6.45) is 3.32. The number of benzene rings is 2. The number of nitrogens with zero attached hydrogens (tertiary/aromatic N) is 2. The van der Waals surface area contributed by atoms with Gasteiger partial charge in [0.25, 0.3) is 5.56 Å². The molecular weight excluding hydrogens is 567 g/mol. The van der Waals surface area contributed by atoms with Gasteiger partial charge in [0.15, 0.2) is 16.3 Å². The van der Waals surface area contributed by atoms with Gasteiger partial charge in [-0.05, 0) is 77.9 Å². The zero-order valence-corrected chi connectivity index (χ0v) is 21.9. The Labute approximate surface area is 214 Å². The van der Waals surface area contributed by atoms with Crippen LogP contribution in [0, 0.1) is 3.57 Å². The Morgan fingerprint density at radius 3 is 2.50 bits per heavy atom. The van der Waals surface area contributed by atoms with Gasteiger partial charge in [-0.2, -0.15) is 0 Å². The maximum atomic E-state index is 13.6. The van der Waals surface area contributed by atoms with Gasteiger partial charge in [0.2, 0.25) is 0 Å². The summed E-state index contributed by atoms with van der Waals surface area (Å²) < 4.78 is 19.6. The molecule has 0 N–H and O–H groups in total. The first-order chi connectivity index (χ1) is 16.5. The van der Waals surface area contributed by atoms with Crippen molar-refractivity contribution < 1.29 is 19.0 Å². The summed E-state index contributed by atoms with van der Waals surface area (Å²) in [5, 5.41) is 0. The molecule has 2 aromatic carbocycles. The van der Waals surface area contributed by atoms with E-state index in [9.17, 15) is 9.59 Å². The Hall–Kier alpha value is -2.92. The van der Waals surface area contributed by atoms with Gasteiger partial charge < -0.3 is 14.2 Å². The molecule has 0 aliphatic carbocycles. The van der Waals surface area contributed by atoms with Crippen LogP contribution in [0.15, 0.2) is 64.0 Å². The van der Waals surface area contributed by atoms with Crippen molar-refractivity contribution in [1.82, 2.24) is 4.57 Å². The fraction of sp³-hybridized carbons (Fsp3) is 0.240. The Bertz CT molecular complexity index is 1420. The van der Waals surface area contributed by atoms with Crippen LogP contribution >= 0.6 is 33.9 Å². The highest BCUT2D eigenvalue weighted by Crippen LogP contribution is 2.35. The van der Waals surface area contributed by atoms with Gasteiger partial charge in [-0.1, -0.05) is 29.5 Å². The lowest BCUT2D eigenvalue weighted by molar-refractivity contribution is -0.136. The maximum Gasteiger partial charge on any atom is 0.337 e. The van der Waals surface area contributed by atoms with Crippen LogP contribution in [0.3, 0.4) is 0 Å². The maximum absolute atomic E-state index is 13.6. The van der Waals surface area contributed by atoms with Crippen LogP contribution in [-0.4, -0.2) is 30.9 Å². The zero-order chi connectivity index (χ0) is 24.2. The molecule has 2 heterocycles. The number of fused-ring (bicyclic) bond motifs is 1. The van der Waals surface area contributed by atoms with Crippen LogP contribution in [0.2, 0.25) is 0 Å². The molecule has 0 fully saturated rings. The van der Waals surface area contributed by atoms with E-state index in [0.717, 1.165) is 9.13 Å². The Balaban J connectivity index is 1.90. The van der Waals surface area contributed by atoms with E-state index in [1.54, 1.807) is 16.7 Å². The van der Waals surface area contributed by atoms with Crippen molar-refractivity contribution in [2.24, 2.45) is 4.99 Å². The lowest BCUT2D eigenvalue weighted by Gasteiger charge is -2.23. The fourth-order valence-corrected chi connectivity index (χ4v) is 5.03. The number of methoxy groups -OCH3 is 1. The molecule has 1 aliphatic heterocycles. The third-order valence-corrected chi connectivity index (χ3v) is 6.89. The summed E-state index contributed by atoms with van der Waals surface area (Å²) in [5.41, 5.74) is 1.64. The second-order valence-corrected chi connectivity index (χ2v) is 9.55. The lowest BCUT2D eigenvalue weighted by atomic mass is 9.97. The molecule has 1 aromatic heterocycles. The average molecular weight is 590 g/mol. The lowest BCUT2D eigenvalue weighted by Crippen LogP contribution is -2.39. The monoisotopic (exact) mass is 590 g/mol. The molecule has 0 radical (unpaired) electrons. The van der Waals surface area contributed by atoms with Crippen molar-refractivity contribution in [1.29, 1.82) is 0 Å². The SMILES string of the molecule is CCOc1ccc([C@H]2C(C(=O)OC)=CN=c3s/c(=C\c4ccc(I)cc4)c(=O)n32)cc1OCC. The van der Waals surface area contributed by atoms with Crippen molar-refractivity contribution >= 4 is 46.0 Å². The number of hydrogen-bond acceptors (Lipinski definition) is 7. The molecule has 1 atom stereocenters. The predicted octanol–water partition coefficient (Wildman–Crippen LogP) is 3.42. The highest BCUT2D eigenvalue weighted by Gasteiger charge is 2.31. The largest absolute Gasteiger partial charge is 0.490 e. The number of rotatable bonds is 7. The standard InChI is InChI=1S/C25H23IN2O5S/c1-4-32-19-11-8-16(13-20(19)33-5-2)22-18(24(30)31-3)14-27-25-28(22)23(29)21(34-25)12-15-6-9-17(26)10-7-15/h6-14,22H,4-5H2,1-3H3/b21-12-/t22-/m0/s1. The number of esters is 1. The van der Waals surface area contributed by atoms with Crippen LogP contribution in [-0.2, 0) is 9.53 Å². The van der Waals surface area contributed by atoms with Crippen LogP contribution < -0.4 is 24.4 Å². The van der Waals surface area contributed by atoms with E-state index in [-0.39, 0.29) is 11.1 Å². The van der Waals surface area contributed by atoms with E-state index < -0.39 is 12.0 Å². The minimum atomic E-state index is -0.711. The molecule has 0 unspecified atom stereocenters. The quantitative estimate of drug-likeness (QED) is 0.312. The molecule has 0 bridgehead atoms. The minimum absolute atomic E-state index is 0.228. The van der Waals surface area contributed by atoms with Crippen LogP contribution in [0.4, 0.5) is 0 Å². The fourth-order valence-electron chi connectivity index (χ4n) is 3.70. The molecule has 7 nitrogen and oxygen atoms in total. The average Bonchev–Trinajstić information content (AvgIpc) is 3.16. The van der Waals surface area contributed by atoms with Gasteiger partial charge in [0.05, 0.1) is 36.5 Å². The summed E-state index contributed by atoms with van der Waals surface area (Å²) in [6, 6.07) is 12.6. The number of aromatic nitrogens is 1. The van der Waals surface area contributed by atoms with E-state index in [1.165, 1.54) is 24.6 Å². The van der Waals surface area contributed by atoms with Crippen molar-refractivity contribution in [3.63, 3.8) is 0 Å². The summed E-state index contributed by atoms with van der Waals surface area (Å²) in [7, 11) is 1.31. The van der Waals surface area contributed by atoms with Gasteiger partial charge in [0.1, 0.15) is 0 Å². The first-order valence-corrected chi connectivity index (χ1v) is 12.6. The van der Waals surface area contributed by atoms with Crippen molar-refractivity contribution in [2.45, 2.75) is 19.9 Å². The van der Waals surface area contributed by atoms with E-state index in [0.29, 0.717) is 39.6 Å². The predicted molar refractivity (Wildman–Crippen MR) is 139 cm³/mol. The number of halogens is 1. The van der Waals surface area contributed by atoms with Gasteiger partial charge in [-0.15, -0.1) is 0 Å². The number of carbonyl (C=O) groups is 1. The number of ether oxygens (including phenoxy) is 3. The third-order valence-electron chi connectivity index (χ3n) is 5.18. The molecule has 0 saturated heterocycles. The van der Waals surface area contributed by atoms with E-state index in [2.05, 4.69) is 27.6 Å². The molecule has 0 saturated carbocycles. The van der Waals surface area contributed by atoms with Gasteiger partial charge in [-0.3, -0.25) is 9.36 Å². The highest BCUT2D eigenvalue weighted by molar-refractivity contribution is 14.1. The van der Waals surface area contributed by atoms with E-state index in [1.807, 2.05) is 50.3 Å². The molecule has 1 aliphatic rings. The normalized spacial score (nSPS) is 15.2. The molecule has 176 valence electrons. The van der Waals surface area contributed by atoms with Crippen molar-refractivity contribution in [3.05, 3.63) is 88.6 Å². The molecule has 9 heteroatoms. The molecular formula is C25H23IN2O5S. The van der Waals surface area contributed by atoms with Gasteiger partial charge in [-0.25, -0.2) is 9.79 Å². The zero-order valence-electron chi connectivity index (χ0n) is 18.9. The second-order valence-electron chi connectivity index (χ2n) is 7.30. The first kappa shape index (κ1) is 24.2. The van der Waals surface area contributed by atoms with Crippen molar-refractivity contribution in [2.75, 3.05) is 20.3 Å². The topological polar surface area (TPSA) is 79.1 Å². The first-order valence-electron chi connectivity index (χ1n) is 10.7. The van der Waals surface area contributed by atoms with E-state index >= 15 is 0 Å². The number of carbonyl (C=O) groups excluding carboxylic acids is 1. The molecule has 0 spiro atoms. The Morgan fingerprint density at radius 1 is 1.12 bits per heavy atom. The van der Waals surface area contributed by atoms with Crippen LogP contribution in [0.25, 0.3) is 6.08 Å². The smallest absolute Gasteiger partial charge is 0.337 e. The van der Waals surface area contributed by atoms with Crippen LogP contribution in [0.1, 0.15) is 31.0 Å². The number of hydrogen-bond donors (Lipinski definition) is 0. The summed E-state index contributed by atoms with van der Waals surface area (Å²) in [6.45, 7) is 4.71. The minimum Gasteiger partial charge on any atom is -0.490 e. The van der Waals surface area contributed by atoms with Gasteiger partial charge >= 0.3 is 5.97 Å². The van der Waals surface area contributed by atoms with E-state index in [4.69, 9.17) is 14.2 Å². The Kier molecular flexibility index (Phi) is 7.52. The third kappa shape index (κ3) is 4.80.